The lowest BCUT2D eigenvalue weighted by Crippen LogP contribution is -2.57. The molecule has 1 fully saturated rings. The number of benzene rings is 2. The molecule has 7 heteroatoms. The summed E-state index contributed by atoms with van der Waals surface area (Å²) >= 11 is 0. The van der Waals surface area contributed by atoms with Crippen LogP contribution in [0.15, 0.2) is 48.5 Å². The molecule has 0 radical (unpaired) electrons. The first-order chi connectivity index (χ1) is 15.2. The van der Waals surface area contributed by atoms with E-state index in [2.05, 4.69) is 16.7 Å². The van der Waals surface area contributed by atoms with Gasteiger partial charge in [-0.05, 0) is 68.9 Å². The van der Waals surface area contributed by atoms with Gasteiger partial charge >= 0.3 is 12.1 Å². The van der Waals surface area contributed by atoms with Crippen molar-refractivity contribution in [3.63, 3.8) is 0 Å². The second kappa shape index (κ2) is 8.81. The van der Waals surface area contributed by atoms with Crippen molar-refractivity contribution >= 4 is 12.1 Å². The second-order valence-electron chi connectivity index (χ2n) is 9.56. The molecule has 0 aromatic heterocycles. The number of carbonyl (C=O) groups excluding carboxylic acids is 2. The van der Waals surface area contributed by atoms with Gasteiger partial charge in [-0.2, -0.15) is 0 Å². The Morgan fingerprint density at radius 2 is 1.66 bits per heavy atom. The number of alkyl carbamates (subject to hydrolysis) is 1. The van der Waals surface area contributed by atoms with Crippen LogP contribution in [0.1, 0.15) is 56.3 Å². The summed E-state index contributed by atoms with van der Waals surface area (Å²) in [7, 11) is 0. The van der Waals surface area contributed by atoms with Gasteiger partial charge in [0.2, 0.25) is 0 Å². The predicted octanol–water partition coefficient (Wildman–Crippen LogP) is 4.54. The van der Waals surface area contributed by atoms with E-state index in [-0.39, 0.29) is 30.0 Å². The maximum atomic E-state index is 13.5. The van der Waals surface area contributed by atoms with Gasteiger partial charge in [-0.25, -0.2) is 14.0 Å². The summed E-state index contributed by atoms with van der Waals surface area (Å²) in [5, 5.41) is 5.95. The van der Waals surface area contributed by atoms with Gasteiger partial charge in [0, 0.05) is 18.6 Å². The molecule has 170 valence electrons. The van der Waals surface area contributed by atoms with Crippen LogP contribution in [-0.4, -0.2) is 41.3 Å². The van der Waals surface area contributed by atoms with E-state index in [1.807, 2.05) is 43.9 Å². The summed E-state index contributed by atoms with van der Waals surface area (Å²) in [5.74, 6) is -0.299. The van der Waals surface area contributed by atoms with Crippen LogP contribution >= 0.6 is 0 Å². The highest BCUT2D eigenvalue weighted by atomic mass is 19.1. The molecule has 32 heavy (non-hydrogen) atoms. The fourth-order valence-electron chi connectivity index (χ4n) is 4.38. The minimum atomic E-state index is -0.540. The lowest BCUT2D eigenvalue weighted by molar-refractivity contribution is 0.0466. The summed E-state index contributed by atoms with van der Waals surface area (Å²) in [5.41, 5.74) is 2.61. The number of urea groups is 1. The monoisotopic (exact) mass is 439 g/mol. The quantitative estimate of drug-likeness (QED) is 0.738. The molecular weight excluding hydrogens is 409 g/mol. The number of fused-ring (bicyclic) bond motifs is 1. The average Bonchev–Trinajstić information content (AvgIpc) is 2.70. The Morgan fingerprint density at radius 1 is 1.00 bits per heavy atom. The van der Waals surface area contributed by atoms with Crippen molar-refractivity contribution in [2.45, 2.75) is 63.8 Å². The first kappa shape index (κ1) is 22.1. The molecule has 2 aromatic rings. The molecule has 1 aliphatic carbocycles. The number of hydrogen-bond acceptors (Lipinski definition) is 3. The van der Waals surface area contributed by atoms with E-state index >= 15 is 0 Å². The minimum absolute atomic E-state index is 0.00604. The van der Waals surface area contributed by atoms with Crippen molar-refractivity contribution in [2.75, 3.05) is 6.54 Å². The first-order valence-electron chi connectivity index (χ1n) is 11.1. The fourth-order valence-corrected chi connectivity index (χ4v) is 4.38. The normalized spacial score (nSPS) is 22.4. The Kier molecular flexibility index (Phi) is 6.09. The van der Waals surface area contributed by atoms with Crippen LogP contribution in [0.3, 0.4) is 0 Å². The lowest BCUT2D eigenvalue weighted by atomic mass is 9.86. The third-order valence-corrected chi connectivity index (χ3v) is 5.92. The highest BCUT2D eigenvalue weighted by molar-refractivity contribution is 5.76. The highest BCUT2D eigenvalue weighted by Crippen LogP contribution is 2.35. The van der Waals surface area contributed by atoms with Gasteiger partial charge in [0.05, 0.1) is 6.04 Å². The smallest absolute Gasteiger partial charge is 0.407 e. The van der Waals surface area contributed by atoms with E-state index in [9.17, 15) is 14.0 Å². The zero-order chi connectivity index (χ0) is 22.9. The number of nitrogens with one attached hydrogen (secondary N) is 2. The zero-order valence-electron chi connectivity index (χ0n) is 18.7. The SMILES string of the molecule is CC(C)(C)OC(=O)N[C@H]1C[C@H](NC(=O)N2CCc3ccccc3[C@@H]2c2ccc(F)cc2)C1. The van der Waals surface area contributed by atoms with E-state index in [0.717, 1.165) is 17.5 Å². The summed E-state index contributed by atoms with van der Waals surface area (Å²) in [6.07, 6.45) is 1.67. The number of amides is 3. The van der Waals surface area contributed by atoms with Gasteiger partial charge < -0.3 is 20.3 Å². The molecule has 3 amide bonds. The molecule has 0 spiro atoms. The van der Waals surface area contributed by atoms with Crippen molar-refractivity contribution < 1.29 is 18.7 Å². The number of nitrogens with zero attached hydrogens (tertiary/aromatic N) is 1. The van der Waals surface area contributed by atoms with Crippen LogP contribution in [0.2, 0.25) is 0 Å². The maximum absolute atomic E-state index is 13.5. The predicted molar refractivity (Wildman–Crippen MR) is 120 cm³/mol. The van der Waals surface area contributed by atoms with E-state index in [0.29, 0.717) is 19.4 Å². The van der Waals surface area contributed by atoms with Gasteiger partial charge in [-0.3, -0.25) is 0 Å². The summed E-state index contributed by atoms with van der Waals surface area (Å²) < 4.78 is 18.8. The van der Waals surface area contributed by atoms with Gasteiger partial charge in [-0.1, -0.05) is 36.4 Å². The Balaban J connectivity index is 1.41. The van der Waals surface area contributed by atoms with Gasteiger partial charge in [0.15, 0.2) is 0 Å². The molecule has 0 saturated heterocycles. The van der Waals surface area contributed by atoms with Crippen molar-refractivity contribution in [1.82, 2.24) is 15.5 Å². The molecule has 2 aromatic carbocycles. The number of ether oxygens (including phenoxy) is 1. The Morgan fingerprint density at radius 3 is 2.34 bits per heavy atom. The molecule has 1 atom stereocenters. The maximum Gasteiger partial charge on any atom is 0.407 e. The van der Waals surface area contributed by atoms with Crippen molar-refractivity contribution in [1.29, 1.82) is 0 Å². The van der Waals surface area contributed by atoms with Gasteiger partial charge in [0.1, 0.15) is 11.4 Å². The second-order valence-corrected chi connectivity index (χ2v) is 9.56. The fraction of sp³-hybridized carbons (Fsp3) is 0.440. The largest absolute Gasteiger partial charge is 0.444 e. The average molecular weight is 440 g/mol. The summed E-state index contributed by atoms with van der Waals surface area (Å²) in [4.78, 5) is 27.0. The van der Waals surface area contributed by atoms with Crippen molar-refractivity contribution in [3.05, 3.63) is 71.0 Å². The van der Waals surface area contributed by atoms with Crippen LogP contribution in [0, 0.1) is 5.82 Å². The first-order valence-corrected chi connectivity index (χ1v) is 11.1. The van der Waals surface area contributed by atoms with Gasteiger partial charge in [-0.15, -0.1) is 0 Å². The van der Waals surface area contributed by atoms with Crippen LogP contribution in [0.4, 0.5) is 14.0 Å². The molecule has 6 nitrogen and oxygen atoms in total. The topological polar surface area (TPSA) is 70.7 Å². The van der Waals surface area contributed by atoms with Crippen LogP contribution in [0.5, 0.6) is 0 Å². The molecule has 1 heterocycles. The molecule has 1 aliphatic heterocycles. The third-order valence-electron chi connectivity index (χ3n) is 5.92. The standard InChI is InChI=1S/C25H30FN3O3/c1-25(2,3)32-24(31)28-20-14-19(15-20)27-23(30)29-13-12-16-6-4-5-7-21(16)22(29)17-8-10-18(26)11-9-17/h4-11,19-20,22H,12-15H2,1-3H3,(H,27,30)(H,28,31)/t19-,20-,22-/m0/s1. The number of rotatable bonds is 3. The summed E-state index contributed by atoms with van der Waals surface area (Å²) in [6.45, 7) is 6.05. The van der Waals surface area contributed by atoms with E-state index in [4.69, 9.17) is 4.74 Å². The third kappa shape index (κ3) is 5.03. The molecule has 1 saturated carbocycles. The Bertz CT molecular complexity index is 981. The molecule has 2 aliphatic rings. The van der Waals surface area contributed by atoms with Crippen LogP contribution in [0.25, 0.3) is 0 Å². The van der Waals surface area contributed by atoms with Crippen LogP contribution in [-0.2, 0) is 11.2 Å². The molecule has 0 unspecified atom stereocenters. The lowest BCUT2D eigenvalue weighted by Gasteiger charge is -2.41. The van der Waals surface area contributed by atoms with Crippen LogP contribution < -0.4 is 10.6 Å². The van der Waals surface area contributed by atoms with E-state index < -0.39 is 11.7 Å². The molecule has 4 rings (SSSR count). The summed E-state index contributed by atoms with van der Waals surface area (Å²) in [6, 6.07) is 14.0. The van der Waals surface area contributed by atoms with Crippen molar-refractivity contribution in [2.24, 2.45) is 0 Å². The highest BCUT2D eigenvalue weighted by Gasteiger charge is 2.36. The van der Waals surface area contributed by atoms with Gasteiger partial charge in [0.25, 0.3) is 0 Å². The van der Waals surface area contributed by atoms with E-state index in [1.165, 1.54) is 17.7 Å². The van der Waals surface area contributed by atoms with E-state index in [1.54, 1.807) is 12.1 Å². The molecular formula is C25H30FN3O3. The Labute approximate surface area is 188 Å². The number of halogens is 1. The molecule has 0 bridgehead atoms. The minimum Gasteiger partial charge on any atom is -0.444 e. The number of hydrogen-bond donors (Lipinski definition) is 2. The molecule has 2 N–H and O–H groups in total. The Hall–Kier alpha value is -3.09. The van der Waals surface area contributed by atoms with Crippen molar-refractivity contribution in [3.8, 4) is 0 Å². The number of carbonyl (C=O) groups is 2. The zero-order valence-corrected chi connectivity index (χ0v) is 18.7.